The summed E-state index contributed by atoms with van der Waals surface area (Å²) in [4.78, 5) is 27.0. The van der Waals surface area contributed by atoms with E-state index in [1.54, 1.807) is 11.3 Å². The Balaban J connectivity index is 1.70. The average Bonchev–Trinajstić information content (AvgIpc) is 2.94. The van der Waals surface area contributed by atoms with Crippen molar-refractivity contribution in [1.29, 1.82) is 0 Å². The Morgan fingerprint density at radius 3 is 3.05 bits per heavy atom. The van der Waals surface area contributed by atoms with Crippen LogP contribution in [0.1, 0.15) is 37.1 Å². The molecular weight excluding hydrogens is 286 g/mol. The molecule has 3 amide bonds. The number of rotatable bonds is 5. The van der Waals surface area contributed by atoms with Crippen LogP contribution in [0.25, 0.3) is 0 Å². The molecule has 1 unspecified atom stereocenters. The van der Waals surface area contributed by atoms with E-state index in [-0.39, 0.29) is 18.0 Å². The van der Waals surface area contributed by atoms with E-state index in [0.717, 1.165) is 19.4 Å². The molecule has 1 aromatic rings. The zero-order valence-corrected chi connectivity index (χ0v) is 13.5. The van der Waals surface area contributed by atoms with Crippen LogP contribution in [-0.2, 0) is 17.8 Å². The van der Waals surface area contributed by atoms with Crippen LogP contribution in [0, 0.1) is 0 Å². The Morgan fingerprint density at radius 2 is 2.29 bits per heavy atom. The lowest BCUT2D eigenvalue weighted by molar-refractivity contribution is -0.131. The first-order chi connectivity index (χ1) is 10.1. The number of hydrogen-bond donors (Lipinski definition) is 2. The maximum Gasteiger partial charge on any atom is 0.315 e. The third-order valence-electron chi connectivity index (χ3n) is 3.77. The average molecular weight is 309 g/mol. The van der Waals surface area contributed by atoms with Crippen LogP contribution in [0.2, 0.25) is 0 Å². The Labute approximate surface area is 129 Å². The van der Waals surface area contributed by atoms with Gasteiger partial charge in [-0.25, -0.2) is 4.79 Å². The fourth-order valence-corrected chi connectivity index (χ4v) is 3.17. The molecule has 2 rings (SSSR count). The Hall–Kier alpha value is -1.56. The highest BCUT2D eigenvalue weighted by Gasteiger charge is 2.21. The highest BCUT2D eigenvalue weighted by molar-refractivity contribution is 7.10. The standard InChI is InChI=1S/C15H23N3O2S/c1-3-11(2)17-15(20)16-7-4-14(19)18-8-5-13-12(10-18)6-9-21-13/h6,9,11H,3-5,7-8,10H2,1-2H3,(H2,16,17,20). The van der Waals surface area contributed by atoms with Crippen molar-refractivity contribution in [1.82, 2.24) is 15.5 Å². The molecule has 116 valence electrons. The molecule has 0 fully saturated rings. The van der Waals surface area contributed by atoms with Crippen molar-refractivity contribution in [2.75, 3.05) is 13.1 Å². The number of fused-ring (bicyclic) bond motifs is 1. The summed E-state index contributed by atoms with van der Waals surface area (Å²) in [6.45, 7) is 5.84. The van der Waals surface area contributed by atoms with Gasteiger partial charge in [0, 0.05) is 37.0 Å². The number of carbonyl (C=O) groups excluding carboxylic acids is 2. The second kappa shape index (κ2) is 7.45. The second-order valence-corrected chi connectivity index (χ2v) is 6.39. The molecule has 2 heterocycles. The van der Waals surface area contributed by atoms with E-state index in [1.807, 2.05) is 18.7 Å². The Bertz CT molecular complexity index is 501. The normalized spacial score (nSPS) is 15.2. The fourth-order valence-electron chi connectivity index (χ4n) is 2.28. The Kier molecular flexibility index (Phi) is 5.61. The van der Waals surface area contributed by atoms with E-state index in [2.05, 4.69) is 22.1 Å². The summed E-state index contributed by atoms with van der Waals surface area (Å²) in [5, 5.41) is 7.64. The number of amides is 3. The molecule has 0 aromatic carbocycles. The van der Waals surface area contributed by atoms with Crippen molar-refractivity contribution >= 4 is 23.3 Å². The molecule has 1 atom stereocenters. The number of thiophene rings is 1. The third kappa shape index (κ3) is 4.46. The number of urea groups is 1. The number of hydrogen-bond acceptors (Lipinski definition) is 3. The summed E-state index contributed by atoms with van der Waals surface area (Å²) in [7, 11) is 0. The summed E-state index contributed by atoms with van der Waals surface area (Å²) in [5.41, 5.74) is 1.27. The Morgan fingerprint density at radius 1 is 1.48 bits per heavy atom. The van der Waals surface area contributed by atoms with Crippen LogP contribution in [0.3, 0.4) is 0 Å². The molecule has 5 nitrogen and oxygen atoms in total. The predicted octanol–water partition coefficient (Wildman–Crippen LogP) is 2.12. The van der Waals surface area contributed by atoms with Crippen molar-refractivity contribution in [3.05, 3.63) is 21.9 Å². The molecule has 0 radical (unpaired) electrons. The number of nitrogens with zero attached hydrogens (tertiary/aromatic N) is 1. The first-order valence-electron chi connectivity index (χ1n) is 7.47. The van der Waals surface area contributed by atoms with E-state index in [0.29, 0.717) is 19.5 Å². The van der Waals surface area contributed by atoms with Gasteiger partial charge in [-0.3, -0.25) is 4.79 Å². The van der Waals surface area contributed by atoms with Crippen molar-refractivity contribution in [2.45, 2.75) is 45.7 Å². The van der Waals surface area contributed by atoms with Crippen LogP contribution < -0.4 is 10.6 Å². The van der Waals surface area contributed by atoms with Gasteiger partial charge in [0.05, 0.1) is 0 Å². The zero-order valence-electron chi connectivity index (χ0n) is 12.6. The molecule has 6 heteroatoms. The van der Waals surface area contributed by atoms with Crippen molar-refractivity contribution in [3.8, 4) is 0 Å². The molecule has 1 aliphatic heterocycles. The SMILES string of the molecule is CCC(C)NC(=O)NCCC(=O)N1CCc2sccc2C1. The van der Waals surface area contributed by atoms with Crippen LogP contribution in [0.4, 0.5) is 4.79 Å². The largest absolute Gasteiger partial charge is 0.338 e. The quantitative estimate of drug-likeness (QED) is 0.875. The minimum atomic E-state index is -0.198. The molecule has 0 saturated carbocycles. The lowest BCUT2D eigenvalue weighted by Crippen LogP contribution is -2.42. The summed E-state index contributed by atoms with van der Waals surface area (Å²) < 4.78 is 0. The summed E-state index contributed by atoms with van der Waals surface area (Å²) >= 11 is 1.77. The number of carbonyl (C=O) groups is 2. The van der Waals surface area contributed by atoms with E-state index >= 15 is 0 Å². The van der Waals surface area contributed by atoms with Crippen molar-refractivity contribution in [3.63, 3.8) is 0 Å². The van der Waals surface area contributed by atoms with Gasteiger partial charge in [0.1, 0.15) is 0 Å². The molecule has 1 aliphatic rings. The molecule has 0 aliphatic carbocycles. The van der Waals surface area contributed by atoms with E-state index < -0.39 is 0 Å². The van der Waals surface area contributed by atoms with Gasteiger partial charge in [-0.2, -0.15) is 0 Å². The van der Waals surface area contributed by atoms with Gasteiger partial charge >= 0.3 is 6.03 Å². The highest BCUT2D eigenvalue weighted by Crippen LogP contribution is 2.24. The lowest BCUT2D eigenvalue weighted by atomic mass is 10.1. The first-order valence-corrected chi connectivity index (χ1v) is 8.35. The topological polar surface area (TPSA) is 61.4 Å². The van der Waals surface area contributed by atoms with Gasteiger partial charge in [-0.05, 0) is 36.8 Å². The van der Waals surface area contributed by atoms with Crippen LogP contribution in [0.15, 0.2) is 11.4 Å². The fraction of sp³-hybridized carbons (Fsp3) is 0.600. The predicted molar refractivity (Wildman–Crippen MR) is 84.3 cm³/mol. The van der Waals surface area contributed by atoms with Crippen molar-refractivity contribution < 1.29 is 9.59 Å². The molecule has 0 bridgehead atoms. The molecule has 21 heavy (non-hydrogen) atoms. The van der Waals surface area contributed by atoms with E-state index in [9.17, 15) is 9.59 Å². The van der Waals surface area contributed by atoms with Crippen LogP contribution >= 0.6 is 11.3 Å². The second-order valence-electron chi connectivity index (χ2n) is 5.39. The van der Waals surface area contributed by atoms with Crippen molar-refractivity contribution in [2.24, 2.45) is 0 Å². The van der Waals surface area contributed by atoms with Gasteiger partial charge in [-0.15, -0.1) is 11.3 Å². The molecule has 0 spiro atoms. The minimum Gasteiger partial charge on any atom is -0.338 e. The molecular formula is C15H23N3O2S. The van der Waals surface area contributed by atoms with Gasteiger partial charge in [-0.1, -0.05) is 6.92 Å². The smallest absolute Gasteiger partial charge is 0.315 e. The summed E-state index contributed by atoms with van der Waals surface area (Å²) in [5.74, 6) is 0.107. The minimum absolute atomic E-state index is 0.107. The van der Waals surface area contributed by atoms with Crippen LogP contribution in [-0.4, -0.2) is 36.0 Å². The van der Waals surface area contributed by atoms with Gasteiger partial charge in [0.2, 0.25) is 5.91 Å². The van der Waals surface area contributed by atoms with Gasteiger partial charge < -0.3 is 15.5 Å². The molecule has 0 saturated heterocycles. The highest BCUT2D eigenvalue weighted by atomic mass is 32.1. The van der Waals surface area contributed by atoms with E-state index in [4.69, 9.17) is 0 Å². The van der Waals surface area contributed by atoms with E-state index in [1.165, 1.54) is 10.4 Å². The first kappa shape index (κ1) is 15.8. The monoisotopic (exact) mass is 309 g/mol. The third-order valence-corrected chi connectivity index (χ3v) is 4.80. The maximum absolute atomic E-state index is 12.1. The van der Waals surface area contributed by atoms with Gasteiger partial charge in [0.15, 0.2) is 0 Å². The maximum atomic E-state index is 12.1. The summed E-state index contributed by atoms with van der Waals surface area (Å²) in [6, 6.07) is 2.05. The summed E-state index contributed by atoms with van der Waals surface area (Å²) in [6.07, 6.45) is 2.19. The van der Waals surface area contributed by atoms with Crippen LogP contribution in [0.5, 0.6) is 0 Å². The zero-order chi connectivity index (χ0) is 15.2. The molecule has 1 aromatic heterocycles. The molecule has 2 N–H and O–H groups in total. The van der Waals surface area contributed by atoms with Gasteiger partial charge in [0.25, 0.3) is 0 Å². The number of nitrogens with one attached hydrogen (secondary N) is 2. The lowest BCUT2D eigenvalue weighted by Gasteiger charge is -2.27.